The minimum absolute atomic E-state index is 0.0331. The first-order chi connectivity index (χ1) is 16.3. The zero-order valence-electron chi connectivity index (χ0n) is 18.1. The first-order valence-corrected chi connectivity index (χ1v) is 12.4. The zero-order chi connectivity index (χ0) is 24.3. The molecule has 2 heterocycles. The number of hydrogen-bond acceptors (Lipinski definition) is 7. The van der Waals surface area contributed by atoms with Crippen LogP contribution in [-0.4, -0.2) is 62.1 Å². The molecule has 0 atom stereocenters. The van der Waals surface area contributed by atoms with Gasteiger partial charge in [-0.05, 0) is 36.4 Å². The highest BCUT2D eigenvalue weighted by Gasteiger charge is 2.22. The molecule has 1 aromatic heterocycles. The summed E-state index contributed by atoms with van der Waals surface area (Å²) in [7, 11) is -3.97. The van der Waals surface area contributed by atoms with Gasteiger partial charge in [-0.15, -0.1) is 0 Å². The Hall–Kier alpha value is -3.39. The van der Waals surface area contributed by atoms with Gasteiger partial charge in [-0.1, -0.05) is 23.7 Å². The number of carbonyl (C=O) groups is 1. The second-order valence-corrected chi connectivity index (χ2v) is 9.90. The lowest BCUT2D eigenvalue weighted by molar-refractivity contribution is 0.0699. The molecular formula is C23H22ClN5O4S. The lowest BCUT2D eigenvalue weighted by Gasteiger charge is -2.35. The van der Waals surface area contributed by atoms with E-state index >= 15 is 0 Å². The number of carboxylic acids is 1. The van der Waals surface area contributed by atoms with E-state index in [9.17, 15) is 18.3 Å². The summed E-state index contributed by atoms with van der Waals surface area (Å²) in [6, 6.07) is 14.3. The van der Waals surface area contributed by atoms with Gasteiger partial charge in [-0.3, -0.25) is 9.62 Å². The third kappa shape index (κ3) is 5.07. The van der Waals surface area contributed by atoms with Gasteiger partial charge < -0.3 is 10.0 Å². The first-order valence-electron chi connectivity index (χ1n) is 10.6. The normalized spacial score (nSPS) is 14.6. The molecule has 0 aliphatic carbocycles. The highest BCUT2D eigenvalue weighted by molar-refractivity contribution is 7.92. The zero-order valence-corrected chi connectivity index (χ0v) is 19.7. The van der Waals surface area contributed by atoms with Crippen LogP contribution in [0, 0.1) is 11.3 Å². The van der Waals surface area contributed by atoms with E-state index in [1.807, 2.05) is 4.90 Å². The highest BCUT2D eigenvalue weighted by Crippen LogP contribution is 2.29. The maximum atomic E-state index is 12.8. The Balaban J connectivity index is 1.63. The van der Waals surface area contributed by atoms with E-state index in [0.717, 1.165) is 13.1 Å². The van der Waals surface area contributed by atoms with Crippen LogP contribution in [0.25, 0.3) is 10.9 Å². The summed E-state index contributed by atoms with van der Waals surface area (Å²) in [6.45, 7) is 3.55. The average molecular weight is 500 g/mol. The molecule has 1 saturated heterocycles. The standard InChI is InChI=1S/C23H22ClN5O4S/c24-19-4-1-2-5-21(19)34(32,33)27-16-6-7-20-17(14-16)18(23(30)31)15-22(26-20)29-12-10-28(11-13-29)9-3-8-25/h1-2,4-7,14-15,27H,3,9-13H2,(H,30,31). The van der Waals surface area contributed by atoms with E-state index in [2.05, 4.69) is 20.7 Å². The minimum atomic E-state index is -3.97. The van der Waals surface area contributed by atoms with Crippen molar-refractivity contribution >= 4 is 50.0 Å². The Morgan fingerprint density at radius 3 is 2.56 bits per heavy atom. The van der Waals surface area contributed by atoms with Gasteiger partial charge >= 0.3 is 5.97 Å². The number of halogens is 1. The van der Waals surface area contributed by atoms with Gasteiger partial charge in [0.1, 0.15) is 10.7 Å². The third-order valence-electron chi connectivity index (χ3n) is 5.64. The number of fused-ring (bicyclic) bond motifs is 1. The number of hydrogen-bond donors (Lipinski definition) is 2. The van der Waals surface area contributed by atoms with E-state index < -0.39 is 16.0 Å². The molecule has 34 heavy (non-hydrogen) atoms. The molecule has 4 rings (SSSR count). The van der Waals surface area contributed by atoms with Gasteiger partial charge in [0.2, 0.25) is 0 Å². The molecule has 0 amide bonds. The van der Waals surface area contributed by atoms with Gasteiger partial charge in [0, 0.05) is 50.2 Å². The second kappa shape index (κ2) is 9.85. The monoisotopic (exact) mass is 499 g/mol. The Kier molecular flexibility index (Phi) is 6.88. The van der Waals surface area contributed by atoms with Crippen LogP contribution < -0.4 is 9.62 Å². The number of aromatic carboxylic acids is 1. The lowest BCUT2D eigenvalue weighted by Crippen LogP contribution is -2.46. The quantitative estimate of drug-likeness (QED) is 0.506. The first kappa shape index (κ1) is 23.8. The van der Waals surface area contributed by atoms with E-state index in [-0.39, 0.29) is 21.2 Å². The molecule has 1 aliphatic heterocycles. The van der Waals surface area contributed by atoms with Gasteiger partial charge in [0.05, 0.1) is 22.2 Å². The topological polar surface area (TPSA) is 127 Å². The summed E-state index contributed by atoms with van der Waals surface area (Å²) in [6.07, 6.45) is 0.472. The molecule has 0 radical (unpaired) electrons. The van der Waals surface area contributed by atoms with Crippen LogP contribution in [-0.2, 0) is 10.0 Å². The van der Waals surface area contributed by atoms with Crippen LogP contribution in [0.2, 0.25) is 5.02 Å². The average Bonchev–Trinajstić information content (AvgIpc) is 2.82. The fourth-order valence-corrected chi connectivity index (χ4v) is 5.47. The van der Waals surface area contributed by atoms with Crippen molar-refractivity contribution in [3.63, 3.8) is 0 Å². The number of sulfonamides is 1. The smallest absolute Gasteiger partial charge is 0.336 e. The van der Waals surface area contributed by atoms with Crippen LogP contribution in [0.15, 0.2) is 53.4 Å². The fourth-order valence-electron chi connectivity index (χ4n) is 3.90. The van der Waals surface area contributed by atoms with E-state index in [1.54, 1.807) is 24.3 Å². The number of rotatable bonds is 7. The summed E-state index contributed by atoms with van der Waals surface area (Å²) < 4.78 is 28.0. The number of benzene rings is 2. The molecule has 0 bridgehead atoms. The van der Waals surface area contributed by atoms with Gasteiger partial charge in [0.25, 0.3) is 10.0 Å². The predicted octanol–water partition coefficient (Wildman–Crippen LogP) is 3.42. The van der Waals surface area contributed by atoms with Gasteiger partial charge in [0.15, 0.2) is 0 Å². The van der Waals surface area contributed by atoms with Crippen molar-refractivity contribution in [2.75, 3.05) is 42.3 Å². The van der Waals surface area contributed by atoms with Gasteiger partial charge in [-0.25, -0.2) is 18.2 Å². The molecule has 1 aliphatic rings. The van der Waals surface area contributed by atoms with Crippen LogP contribution in [0.1, 0.15) is 16.8 Å². The molecule has 9 nitrogen and oxygen atoms in total. The largest absolute Gasteiger partial charge is 0.478 e. The molecule has 2 N–H and O–H groups in total. The Bertz CT molecular complexity index is 1380. The number of nitriles is 1. The SMILES string of the molecule is N#CCCN1CCN(c2cc(C(=O)O)c3cc(NS(=O)(=O)c4ccccc4Cl)ccc3n2)CC1. The maximum absolute atomic E-state index is 12.8. The summed E-state index contributed by atoms with van der Waals surface area (Å²) >= 11 is 6.03. The number of piperazine rings is 1. The van der Waals surface area contributed by atoms with Gasteiger partial charge in [-0.2, -0.15) is 5.26 Å². The predicted molar refractivity (Wildman–Crippen MR) is 130 cm³/mol. The number of carboxylic acid groups (broad SMARTS) is 1. The van der Waals surface area contributed by atoms with Crippen LogP contribution in [0.3, 0.4) is 0 Å². The minimum Gasteiger partial charge on any atom is -0.478 e. The van der Waals surface area contributed by atoms with E-state index in [1.165, 1.54) is 24.3 Å². The maximum Gasteiger partial charge on any atom is 0.336 e. The van der Waals surface area contributed by atoms with Crippen molar-refractivity contribution in [2.45, 2.75) is 11.3 Å². The third-order valence-corrected chi connectivity index (χ3v) is 7.52. The van der Waals surface area contributed by atoms with Crippen LogP contribution >= 0.6 is 11.6 Å². The number of nitrogens with zero attached hydrogens (tertiary/aromatic N) is 4. The fraction of sp³-hybridized carbons (Fsp3) is 0.261. The number of nitrogens with one attached hydrogen (secondary N) is 1. The number of anilines is 2. The van der Waals surface area contributed by atoms with Crippen molar-refractivity contribution in [1.29, 1.82) is 5.26 Å². The van der Waals surface area contributed by atoms with Crippen LogP contribution in [0.4, 0.5) is 11.5 Å². The van der Waals surface area contributed by atoms with Crippen molar-refractivity contribution in [2.24, 2.45) is 0 Å². The van der Waals surface area contributed by atoms with E-state index in [4.69, 9.17) is 16.9 Å². The van der Waals surface area contributed by atoms with Crippen LogP contribution in [0.5, 0.6) is 0 Å². The van der Waals surface area contributed by atoms with E-state index in [0.29, 0.717) is 42.8 Å². The summed E-state index contributed by atoms with van der Waals surface area (Å²) in [4.78, 5) is 20.8. The Labute approximate surface area is 202 Å². The summed E-state index contributed by atoms with van der Waals surface area (Å²) in [5, 5.41) is 19.0. The Morgan fingerprint density at radius 1 is 1.15 bits per heavy atom. The molecular weight excluding hydrogens is 478 g/mol. The number of aromatic nitrogens is 1. The molecule has 0 unspecified atom stereocenters. The van der Waals surface area contributed by atoms with Crippen molar-refractivity contribution < 1.29 is 18.3 Å². The number of pyridine rings is 1. The molecule has 176 valence electrons. The lowest BCUT2D eigenvalue weighted by atomic mass is 10.1. The summed E-state index contributed by atoms with van der Waals surface area (Å²) in [5.74, 6) is -0.582. The van der Waals surface area contributed by atoms with Crippen molar-refractivity contribution in [1.82, 2.24) is 9.88 Å². The molecule has 3 aromatic rings. The Morgan fingerprint density at radius 2 is 1.88 bits per heavy atom. The molecule has 2 aromatic carbocycles. The summed E-state index contributed by atoms with van der Waals surface area (Å²) in [5.41, 5.74) is 0.684. The molecule has 11 heteroatoms. The highest BCUT2D eigenvalue weighted by atomic mass is 35.5. The van der Waals surface area contributed by atoms with Crippen molar-refractivity contribution in [3.05, 3.63) is 59.1 Å². The molecule has 0 saturated carbocycles. The molecule has 0 spiro atoms. The molecule has 1 fully saturated rings. The van der Waals surface area contributed by atoms with Crippen molar-refractivity contribution in [3.8, 4) is 6.07 Å². The second-order valence-electron chi connectivity index (χ2n) is 7.84.